The Kier molecular flexibility index (Phi) is 4.31. The van der Waals surface area contributed by atoms with Crippen molar-refractivity contribution in [3.05, 3.63) is 0 Å². The highest BCUT2D eigenvalue weighted by Crippen LogP contribution is 2.16. The Balaban J connectivity index is 2.48. The molecule has 0 aromatic heterocycles. The molecule has 0 unspecified atom stereocenters. The first-order valence-electron chi connectivity index (χ1n) is 4.76. The fourth-order valence-corrected chi connectivity index (χ4v) is 1.68. The Morgan fingerprint density at radius 3 is 2.21 bits per heavy atom. The zero-order valence-corrected chi connectivity index (χ0v) is 8.73. The highest BCUT2D eigenvalue weighted by atomic mass is 16.5. The molecule has 14 heavy (non-hydrogen) atoms. The predicted molar refractivity (Wildman–Crippen MR) is 51.8 cm³/mol. The van der Waals surface area contributed by atoms with Gasteiger partial charge in [0.05, 0.1) is 0 Å². The number of likely N-dealkylation sites (tertiary alicyclic amines) is 1. The van der Waals surface area contributed by atoms with Crippen LogP contribution in [0.25, 0.3) is 0 Å². The van der Waals surface area contributed by atoms with E-state index in [0.29, 0.717) is 26.1 Å². The lowest BCUT2D eigenvalue weighted by atomic mass is 10.3. The smallest absolute Gasteiger partial charge is 0.224 e. The molecule has 1 saturated heterocycles. The minimum atomic E-state index is -0.0123. The molecule has 2 atom stereocenters. The average molecular weight is 202 g/mol. The normalized spacial score (nSPS) is 26.9. The number of hydrogen-bond donors (Lipinski definition) is 1. The summed E-state index contributed by atoms with van der Waals surface area (Å²) in [5, 5.41) is 0. The number of carbonyl (C=O) groups is 1. The number of amides is 1. The van der Waals surface area contributed by atoms with E-state index in [-0.39, 0.29) is 18.1 Å². The van der Waals surface area contributed by atoms with Crippen LogP contribution in [0.15, 0.2) is 0 Å². The van der Waals surface area contributed by atoms with Gasteiger partial charge in [-0.3, -0.25) is 4.79 Å². The molecule has 2 N–H and O–H groups in total. The third kappa shape index (κ3) is 2.43. The molecular formula is C9H18N2O3. The molecule has 5 heteroatoms. The van der Waals surface area contributed by atoms with Gasteiger partial charge in [0.25, 0.3) is 0 Å². The summed E-state index contributed by atoms with van der Waals surface area (Å²) >= 11 is 0. The summed E-state index contributed by atoms with van der Waals surface area (Å²) in [7, 11) is 3.27. The lowest BCUT2D eigenvalue weighted by Gasteiger charge is -2.14. The Morgan fingerprint density at radius 2 is 1.86 bits per heavy atom. The van der Waals surface area contributed by atoms with Crippen LogP contribution in [0.1, 0.15) is 6.42 Å². The largest absolute Gasteiger partial charge is 0.377 e. The van der Waals surface area contributed by atoms with Crippen molar-refractivity contribution >= 4 is 5.91 Å². The zero-order chi connectivity index (χ0) is 10.6. The minimum Gasteiger partial charge on any atom is -0.377 e. The maximum atomic E-state index is 11.5. The van der Waals surface area contributed by atoms with Crippen LogP contribution in [-0.2, 0) is 14.3 Å². The van der Waals surface area contributed by atoms with Gasteiger partial charge in [-0.25, -0.2) is 0 Å². The predicted octanol–water partition coefficient (Wildman–Crippen LogP) is -0.793. The first-order chi connectivity index (χ1) is 6.72. The number of nitrogens with two attached hydrogens (primary N) is 1. The molecule has 0 aromatic carbocycles. The first kappa shape index (κ1) is 11.4. The van der Waals surface area contributed by atoms with Crippen molar-refractivity contribution in [2.75, 3.05) is 33.9 Å². The lowest BCUT2D eigenvalue weighted by Crippen LogP contribution is -2.31. The molecule has 0 bridgehead atoms. The van der Waals surface area contributed by atoms with E-state index >= 15 is 0 Å². The van der Waals surface area contributed by atoms with Crippen molar-refractivity contribution < 1.29 is 14.3 Å². The highest BCUT2D eigenvalue weighted by molar-refractivity contribution is 5.76. The van der Waals surface area contributed by atoms with E-state index in [4.69, 9.17) is 15.2 Å². The summed E-state index contributed by atoms with van der Waals surface area (Å²) in [4.78, 5) is 13.2. The van der Waals surface area contributed by atoms with Crippen molar-refractivity contribution in [3.63, 3.8) is 0 Å². The molecule has 1 fully saturated rings. The molecule has 0 aromatic rings. The van der Waals surface area contributed by atoms with Gasteiger partial charge in [-0.15, -0.1) is 0 Å². The third-order valence-electron chi connectivity index (χ3n) is 2.53. The van der Waals surface area contributed by atoms with E-state index in [2.05, 4.69) is 0 Å². The second-order valence-corrected chi connectivity index (χ2v) is 3.39. The molecule has 0 aliphatic carbocycles. The molecule has 0 radical (unpaired) electrons. The van der Waals surface area contributed by atoms with Crippen LogP contribution in [0, 0.1) is 0 Å². The zero-order valence-electron chi connectivity index (χ0n) is 8.73. The van der Waals surface area contributed by atoms with Gasteiger partial charge in [0, 0.05) is 40.3 Å². The number of hydrogen-bond acceptors (Lipinski definition) is 4. The molecule has 1 heterocycles. The van der Waals surface area contributed by atoms with Crippen molar-refractivity contribution in [1.82, 2.24) is 4.90 Å². The Labute approximate surface area is 84.1 Å². The first-order valence-corrected chi connectivity index (χ1v) is 4.76. The van der Waals surface area contributed by atoms with E-state index in [9.17, 15) is 4.79 Å². The van der Waals surface area contributed by atoms with Crippen LogP contribution in [0.4, 0.5) is 0 Å². The third-order valence-corrected chi connectivity index (χ3v) is 2.53. The van der Waals surface area contributed by atoms with Crippen LogP contribution in [0.2, 0.25) is 0 Å². The molecule has 1 aliphatic rings. The monoisotopic (exact) mass is 202 g/mol. The maximum absolute atomic E-state index is 11.5. The fraction of sp³-hybridized carbons (Fsp3) is 0.889. The molecule has 1 amide bonds. The van der Waals surface area contributed by atoms with Gasteiger partial charge in [0.2, 0.25) is 5.91 Å². The number of rotatable bonds is 4. The maximum Gasteiger partial charge on any atom is 0.224 e. The minimum absolute atomic E-state index is 0.0123. The summed E-state index contributed by atoms with van der Waals surface area (Å²) in [6.45, 7) is 1.60. The lowest BCUT2D eigenvalue weighted by molar-refractivity contribution is -0.130. The second-order valence-electron chi connectivity index (χ2n) is 3.39. The van der Waals surface area contributed by atoms with E-state index in [1.54, 1.807) is 19.1 Å². The van der Waals surface area contributed by atoms with E-state index in [1.807, 2.05) is 0 Å². The highest BCUT2D eigenvalue weighted by Gasteiger charge is 2.34. The summed E-state index contributed by atoms with van der Waals surface area (Å²) in [5.74, 6) is 0.0779. The Morgan fingerprint density at radius 1 is 1.36 bits per heavy atom. The molecule has 82 valence electrons. The van der Waals surface area contributed by atoms with Crippen LogP contribution in [-0.4, -0.2) is 56.9 Å². The van der Waals surface area contributed by atoms with Gasteiger partial charge < -0.3 is 20.1 Å². The van der Waals surface area contributed by atoms with Crippen LogP contribution in [0.5, 0.6) is 0 Å². The molecule has 5 nitrogen and oxygen atoms in total. The standard InChI is InChI=1S/C9H18N2O3/c1-13-7-5-11(6-8(7)14-2)9(12)3-4-10/h7-8H,3-6,10H2,1-2H3/t7-,8-/m1/s1. The summed E-state index contributed by atoms with van der Waals surface area (Å²) in [5.41, 5.74) is 5.32. The SMILES string of the molecule is CO[C@@H]1CN(C(=O)CCN)C[C@H]1OC. The number of methoxy groups -OCH3 is 2. The average Bonchev–Trinajstić information content (AvgIpc) is 2.61. The topological polar surface area (TPSA) is 64.8 Å². The molecule has 1 rings (SSSR count). The van der Waals surface area contributed by atoms with Crippen molar-refractivity contribution in [3.8, 4) is 0 Å². The van der Waals surface area contributed by atoms with Crippen LogP contribution in [0.3, 0.4) is 0 Å². The Bertz CT molecular complexity index is 186. The van der Waals surface area contributed by atoms with E-state index < -0.39 is 0 Å². The van der Waals surface area contributed by atoms with Gasteiger partial charge in [-0.1, -0.05) is 0 Å². The van der Waals surface area contributed by atoms with Crippen molar-refractivity contribution in [1.29, 1.82) is 0 Å². The molecule has 1 aliphatic heterocycles. The van der Waals surface area contributed by atoms with Crippen LogP contribution < -0.4 is 5.73 Å². The van der Waals surface area contributed by atoms with Gasteiger partial charge >= 0.3 is 0 Å². The van der Waals surface area contributed by atoms with Crippen molar-refractivity contribution in [2.45, 2.75) is 18.6 Å². The number of carbonyl (C=O) groups excluding carboxylic acids is 1. The van der Waals surface area contributed by atoms with Gasteiger partial charge in [0.15, 0.2) is 0 Å². The summed E-state index contributed by atoms with van der Waals surface area (Å²) in [6.07, 6.45) is 0.371. The fourth-order valence-electron chi connectivity index (χ4n) is 1.68. The molecule has 0 spiro atoms. The van der Waals surface area contributed by atoms with Crippen molar-refractivity contribution in [2.24, 2.45) is 5.73 Å². The van der Waals surface area contributed by atoms with Gasteiger partial charge in [-0.05, 0) is 0 Å². The quantitative estimate of drug-likeness (QED) is 0.648. The van der Waals surface area contributed by atoms with E-state index in [1.165, 1.54) is 0 Å². The van der Waals surface area contributed by atoms with Gasteiger partial charge in [0.1, 0.15) is 12.2 Å². The summed E-state index contributed by atoms with van der Waals surface area (Å²) < 4.78 is 10.4. The van der Waals surface area contributed by atoms with E-state index in [0.717, 1.165) is 0 Å². The number of nitrogens with zero attached hydrogens (tertiary/aromatic N) is 1. The number of ether oxygens (including phenoxy) is 2. The summed E-state index contributed by atoms with van der Waals surface area (Å²) in [6, 6.07) is 0. The Hall–Kier alpha value is -0.650. The molecular weight excluding hydrogens is 184 g/mol. The second kappa shape index (κ2) is 5.29. The molecule has 0 saturated carbocycles. The van der Waals surface area contributed by atoms with Gasteiger partial charge in [-0.2, -0.15) is 0 Å². The van der Waals surface area contributed by atoms with Crippen LogP contribution >= 0.6 is 0 Å².